The van der Waals surface area contributed by atoms with Crippen LogP contribution >= 0.6 is 0 Å². The van der Waals surface area contributed by atoms with Crippen LogP contribution in [0.15, 0.2) is 16.7 Å². The molecule has 1 heterocycles. The van der Waals surface area contributed by atoms with Crippen LogP contribution in [0.4, 0.5) is 0 Å². The fourth-order valence-electron chi connectivity index (χ4n) is 1.98. The van der Waals surface area contributed by atoms with Crippen molar-refractivity contribution in [3.05, 3.63) is 18.1 Å². The molecule has 1 rings (SSSR count). The van der Waals surface area contributed by atoms with Crippen molar-refractivity contribution < 1.29 is 4.42 Å². The van der Waals surface area contributed by atoms with Crippen LogP contribution in [0.2, 0.25) is 19.6 Å². The van der Waals surface area contributed by atoms with Gasteiger partial charge in [0.05, 0.1) is 14.3 Å². The van der Waals surface area contributed by atoms with Crippen LogP contribution in [-0.2, 0) is 6.42 Å². The molecule has 0 N–H and O–H groups in total. The molecule has 0 atom stereocenters. The second kappa shape index (κ2) is 7.05. The Labute approximate surface area is 108 Å². The van der Waals surface area contributed by atoms with Crippen LogP contribution in [-0.4, -0.2) is 8.07 Å². The molecule has 17 heavy (non-hydrogen) atoms. The van der Waals surface area contributed by atoms with Gasteiger partial charge in [-0.25, -0.2) is 0 Å². The smallest absolute Gasteiger partial charge is 0.103 e. The zero-order valence-corrected chi connectivity index (χ0v) is 13.0. The van der Waals surface area contributed by atoms with Crippen molar-refractivity contribution in [3.8, 4) is 0 Å². The van der Waals surface area contributed by atoms with E-state index in [0.717, 1.165) is 6.42 Å². The van der Waals surface area contributed by atoms with E-state index in [4.69, 9.17) is 4.42 Å². The molecule has 0 fully saturated rings. The van der Waals surface area contributed by atoms with Gasteiger partial charge in [-0.3, -0.25) is 0 Å². The van der Waals surface area contributed by atoms with E-state index in [1.165, 1.54) is 49.5 Å². The van der Waals surface area contributed by atoms with Crippen LogP contribution < -0.4 is 5.19 Å². The molecule has 0 aliphatic rings. The highest BCUT2D eigenvalue weighted by molar-refractivity contribution is 6.88. The molecule has 0 amide bonds. The summed E-state index contributed by atoms with van der Waals surface area (Å²) in [4.78, 5) is 0. The van der Waals surface area contributed by atoms with E-state index in [0.29, 0.717) is 0 Å². The number of aryl methyl sites for hydroxylation is 1. The van der Waals surface area contributed by atoms with E-state index in [2.05, 4.69) is 32.6 Å². The van der Waals surface area contributed by atoms with Crippen molar-refractivity contribution in [3.63, 3.8) is 0 Å². The lowest BCUT2D eigenvalue weighted by Crippen LogP contribution is -2.36. The van der Waals surface area contributed by atoms with Gasteiger partial charge in [0, 0.05) is 6.42 Å². The second-order valence-corrected chi connectivity index (χ2v) is 11.1. The molecule has 1 aromatic heterocycles. The Balaban J connectivity index is 2.21. The van der Waals surface area contributed by atoms with E-state index in [-0.39, 0.29) is 0 Å². The van der Waals surface area contributed by atoms with Gasteiger partial charge in [-0.2, -0.15) is 0 Å². The molecule has 98 valence electrons. The largest absolute Gasteiger partial charge is 0.469 e. The van der Waals surface area contributed by atoms with Crippen molar-refractivity contribution in [2.45, 2.75) is 71.5 Å². The van der Waals surface area contributed by atoms with Crippen LogP contribution in [0, 0.1) is 0 Å². The molecule has 0 aliphatic carbocycles. The molecule has 0 unspecified atom stereocenters. The Morgan fingerprint density at radius 2 is 1.65 bits per heavy atom. The maximum absolute atomic E-state index is 5.65. The van der Waals surface area contributed by atoms with E-state index in [9.17, 15) is 0 Å². The highest BCUT2D eigenvalue weighted by atomic mass is 28.3. The van der Waals surface area contributed by atoms with Gasteiger partial charge in [0.15, 0.2) is 0 Å². The second-order valence-electron chi connectivity index (χ2n) is 6.07. The molecular formula is C15H28OSi. The Morgan fingerprint density at radius 3 is 2.24 bits per heavy atom. The van der Waals surface area contributed by atoms with Crippen LogP contribution in [0.25, 0.3) is 0 Å². The van der Waals surface area contributed by atoms with E-state index in [1.807, 2.05) is 6.26 Å². The molecular weight excluding hydrogens is 224 g/mol. The third-order valence-corrected chi connectivity index (χ3v) is 5.29. The lowest BCUT2D eigenvalue weighted by atomic mass is 10.1. The van der Waals surface area contributed by atoms with Crippen molar-refractivity contribution in [1.82, 2.24) is 0 Å². The fourth-order valence-corrected chi connectivity index (χ4v) is 2.99. The van der Waals surface area contributed by atoms with E-state index < -0.39 is 8.07 Å². The number of furan rings is 1. The first kappa shape index (κ1) is 14.6. The summed E-state index contributed by atoms with van der Waals surface area (Å²) in [6, 6.07) is 2.29. The minimum atomic E-state index is -1.17. The minimum Gasteiger partial charge on any atom is -0.469 e. The summed E-state index contributed by atoms with van der Waals surface area (Å²) >= 11 is 0. The summed E-state index contributed by atoms with van der Waals surface area (Å²) in [6.07, 6.45) is 11.2. The summed E-state index contributed by atoms with van der Waals surface area (Å²) in [5.41, 5.74) is 0. The van der Waals surface area contributed by atoms with Gasteiger partial charge < -0.3 is 4.42 Å². The van der Waals surface area contributed by atoms with Crippen molar-refractivity contribution >= 4 is 13.3 Å². The number of hydrogen-bond donors (Lipinski definition) is 0. The average molecular weight is 252 g/mol. The SMILES string of the molecule is CCCCCCCCc1cc([Si](C)(C)C)co1. The molecule has 0 bridgehead atoms. The maximum atomic E-state index is 5.65. The highest BCUT2D eigenvalue weighted by Crippen LogP contribution is 2.11. The molecule has 0 saturated carbocycles. The maximum Gasteiger partial charge on any atom is 0.103 e. The van der Waals surface area contributed by atoms with Crippen LogP contribution in [0.5, 0.6) is 0 Å². The predicted molar refractivity (Wildman–Crippen MR) is 78.8 cm³/mol. The van der Waals surface area contributed by atoms with E-state index in [1.54, 1.807) is 0 Å². The number of rotatable bonds is 8. The quantitative estimate of drug-likeness (QED) is 0.481. The summed E-state index contributed by atoms with van der Waals surface area (Å²) in [5, 5.41) is 1.46. The Morgan fingerprint density at radius 1 is 1.00 bits per heavy atom. The zero-order chi connectivity index (χ0) is 12.7. The minimum absolute atomic E-state index is 1.12. The Kier molecular flexibility index (Phi) is 6.04. The molecule has 2 heteroatoms. The Bertz CT molecular complexity index is 309. The first-order valence-electron chi connectivity index (χ1n) is 7.12. The number of hydrogen-bond acceptors (Lipinski definition) is 1. The van der Waals surface area contributed by atoms with Crippen molar-refractivity contribution in [2.75, 3.05) is 0 Å². The first-order chi connectivity index (χ1) is 8.04. The van der Waals surface area contributed by atoms with Crippen LogP contribution in [0.1, 0.15) is 51.2 Å². The van der Waals surface area contributed by atoms with Crippen LogP contribution in [0.3, 0.4) is 0 Å². The standard InChI is InChI=1S/C15H28OSi/c1-5-6-7-8-9-10-11-14-12-15(13-16-14)17(2,3)4/h12-13H,5-11H2,1-4H3. The molecule has 0 aliphatic heterocycles. The van der Waals surface area contributed by atoms with Gasteiger partial charge in [-0.1, -0.05) is 58.7 Å². The van der Waals surface area contributed by atoms with Crippen molar-refractivity contribution in [2.24, 2.45) is 0 Å². The van der Waals surface area contributed by atoms with Gasteiger partial charge in [-0.15, -0.1) is 0 Å². The Hall–Kier alpha value is -0.503. The predicted octanol–water partition coefficient (Wildman–Crippen LogP) is 4.73. The molecule has 0 radical (unpaired) electrons. The third kappa shape index (κ3) is 5.58. The normalized spacial score (nSPS) is 12.0. The average Bonchev–Trinajstić information content (AvgIpc) is 2.71. The first-order valence-corrected chi connectivity index (χ1v) is 10.6. The number of unbranched alkanes of at least 4 members (excludes halogenated alkanes) is 5. The van der Waals surface area contributed by atoms with Gasteiger partial charge in [0.25, 0.3) is 0 Å². The van der Waals surface area contributed by atoms with E-state index >= 15 is 0 Å². The molecule has 0 spiro atoms. The lowest BCUT2D eigenvalue weighted by Gasteiger charge is -2.11. The summed E-state index contributed by atoms with van der Waals surface area (Å²) < 4.78 is 5.65. The zero-order valence-electron chi connectivity index (χ0n) is 12.0. The third-order valence-electron chi connectivity index (χ3n) is 3.30. The summed E-state index contributed by atoms with van der Waals surface area (Å²) in [5.74, 6) is 1.19. The summed E-state index contributed by atoms with van der Waals surface area (Å²) in [6.45, 7) is 9.37. The highest BCUT2D eigenvalue weighted by Gasteiger charge is 2.18. The summed E-state index contributed by atoms with van der Waals surface area (Å²) in [7, 11) is -1.17. The monoisotopic (exact) mass is 252 g/mol. The molecule has 1 aromatic rings. The topological polar surface area (TPSA) is 13.1 Å². The lowest BCUT2D eigenvalue weighted by molar-refractivity contribution is 0.492. The van der Waals surface area contributed by atoms with Crippen molar-refractivity contribution in [1.29, 1.82) is 0 Å². The fraction of sp³-hybridized carbons (Fsp3) is 0.733. The van der Waals surface area contributed by atoms with Gasteiger partial charge >= 0.3 is 0 Å². The molecule has 1 nitrogen and oxygen atoms in total. The van der Waals surface area contributed by atoms with Gasteiger partial charge in [0.1, 0.15) is 5.76 Å². The van der Waals surface area contributed by atoms with Gasteiger partial charge in [-0.05, 0) is 17.7 Å². The molecule has 0 saturated heterocycles. The molecule has 0 aromatic carbocycles. The van der Waals surface area contributed by atoms with Gasteiger partial charge in [0.2, 0.25) is 0 Å².